The highest BCUT2D eigenvalue weighted by Gasteiger charge is 2.08. The molecule has 1 aromatic carbocycles. The molecular formula is C14H17ClN2O. The molecule has 1 atom stereocenters. The second-order valence-corrected chi connectivity index (χ2v) is 5.23. The minimum absolute atomic E-state index is 0.138. The maximum absolute atomic E-state index is 11.4. The molecule has 0 aliphatic rings. The fraction of sp³-hybridized carbons (Fsp3) is 0.357. The van der Waals surface area contributed by atoms with Crippen LogP contribution in [0.25, 0.3) is 10.9 Å². The van der Waals surface area contributed by atoms with Gasteiger partial charge in [0.25, 0.3) is 0 Å². The first-order chi connectivity index (χ1) is 8.49. The van der Waals surface area contributed by atoms with Crippen molar-refractivity contribution in [3.8, 4) is 0 Å². The number of hydrogen-bond donors (Lipinski definition) is 1. The number of fused-ring (bicyclic) bond motifs is 1. The molecule has 0 saturated carbocycles. The van der Waals surface area contributed by atoms with Crippen molar-refractivity contribution < 1.29 is 4.79 Å². The third-order valence-electron chi connectivity index (χ3n) is 3.17. The van der Waals surface area contributed by atoms with Gasteiger partial charge in [-0.3, -0.25) is 4.79 Å². The first kappa shape index (κ1) is 13.0. The highest BCUT2D eigenvalue weighted by atomic mass is 35.5. The Morgan fingerprint density at radius 1 is 1.44 bits per heavy atom. The summed E-state index contributed by atoms with van der Waals surface area (Å²) >= 11 is 5.70. The molecular weight excluding hydrogens is 248 g/mol. The molecule has 0 saturated heterocycles. The molecule has 1 unspecified atom stereocenters. The Morgan fingerprint density at radius 2 is 2.17 bits per heavy atom. The van der Waals surface area contributed by atoms with E-state index in [9.17, 15) is 4.79 Å². The van der Waals surface area contributed by atoms with Crippen molar-refractivity contribution >= 4 is 28.4 Å². The van der Waals surface area contributed by atoms with Crippen LogP contribution >= 0.6 is 11.6 Å². The van der Waals surface area contributed by atoms with Gasteiger partial charge in [0.15, 0.2) is 0 Å². The largest absolute Gasteiger partial charge is 0.351 e. The number of amides is 1. The lowest BCUT2D eigenvalue weighted by Gasteiger charge is -2.07. The van der Waals surface area contributed by atoms with Crippen LogP contribution in [0.3, 0.4) is 0 Å². The summed E-state index contributed by atoms with van der Waals surface area (Å²) in [5, 5.41) is 3.51. The first-order valence-electron chi connectivity index (χ1n) is 5.96. The van der Waals surface area contributed by atoms with Crippen LogP contribution in [-0.4, -0.2) is 15.9 Å². The van der Waals surface area contributed by atoms with Crippen molar-refractivity contribution in [2.24, 2.45) is 7.05 Å². The van der Waals surface area contributed by atoms with Crippen LogP contribution in [0.5, 0.6) is 0 Å². The van der Waals surface area contributed by atoms with Gasteiger partial charge < -0.3 is 9.88 Å². The molecule has 3 nitrogen and oxygen atoms in total. The first-order valence-corrected chi connectivity index (χ1v) is 6.39. The molecule has 1 aromatic heterocycles. The molecule has 0 aliphatic carbocycles. The smallest absolute Gasteiger partial charge is 0.238 e. The van der Waals surface area contributed by atoms with Crippen LogP contribution in [0.2, 0.25) is 0 Å². The van der Waals surface area contributed by atoms with Gasteiger partial charge in [-0.25, -0.2) is 0 Å². The molecule has 1 amide bonds. The maximum Gasteiger partial charge on any atom is 0.238 e. The number of rotatable bonds is 3. The van der Waals surface area contributed by atoms with Gasteiger partial charge in [-0.15, -0.1) is 11.6 Å². The van der Waals surface area contributed by atoms with Crippen LogP contribution in [0.4, 0.5) is 0 Å². The third-order valence-corrected chi connectivity index (χ3v) is 3.37. The maximum atomic E-state index is 11.4. The standard InChI is InChI=1S/C14H17ClN2O/c1-9-6-12-7-11(4-5-13(12)17(9)3)8-16-14(18)10(2)15/h4-7,10H,8H2,1-3H3,(H,16,18). The van der Waals surface area contributed by atoms with Crippen LogP contribution in [0.1, 0.15) is 18.2 Å². The molecule has 0 spiro atoms. The van der Waals surface area contributed by atoms with E-state index in [0.717, 1.165) is 5.56 Å². The van der Waals surface area contributed by atoms with E-state index < -0.39 is 5.38 Å². The Morgan fingerprint density at radius 3 is 2.83 bits per heavy atom. The second-order valence-electron chi connectivity index (χ2n) is 4.57. The van der Waals surface area contributed by atoms with E-state index in [0.29, 0.717) is 6.54 Å². The lowest BCUT2D eigenvalue weighted by atomic mass is 10.1. The van der Waals surface area contributed by atoms with Crippen molar-refractivity contribution in [1.29, 1.82) is 0 Å². The van der Waals surface area contributed by atoms with Gasteiger partial charge in [0.05, 0.1) is 0 Å². The van der Waals surface area contributed by atoms with Crippen molar-refractivity contribution in [3.05, 3.63) is 35.5 Å². The van der Waals surface area contributed by atoms with Gasteiger partial charge in [0.1, 0.15) is 5.38 Å². The number of benzene rings is 1. The molecule has 1 N–H and O–H groups in total. The van der Waals surface area contributed by atoms with E-state index in [-0.39, 0.29) is 5.91 Å². The summed E-state index contributed by atoms with van der Waals surface area (Å²) in [6.45, 7) is 4.26. The minimum atomic E-state index is -0.493. The van der Waals surface area contributed by atoms with E-state index in [1.54, 1.807) is 6.92 Å². The monoisotopic (exact) mass is 264 g/mol. The number of carbonyl (C=O) groups is 1. The normalized spacial score (nSPS) is 12.7. The van der Waals surface area contributed by atoms with Crippen molar-refractivity contribution in [1.82, 2.24) is 9.88 Å². The molecule has 0 aliphatic heterocycles. The molecule has 0 fully saturated rings. The summed E-state index contributed by atoms with van der Waals surface area (Å²) < 4.78 is 2.15. The van der Waals surface area contributed by atoms with E-state index in [2.05, 4.69) is 35.0 Å². The Balaban J connectivity index is 2.18. The highest BCUT2D eigenvalue weighted by molar-refractivity contribution is 6.30. The van der Waals surface area contributed by atoms with Gasteiger partial charge in [-0.1, -0.05) is 6.07 Å². The fourth-order valence-electron chi connectivity index (χ4n) is 1.98. The van der Waals surface area contributed by atoms with E-state index in [4.69, 9.17) is 11.6 Å². The zero-order valence-electron chi connectivity index (χ0n) is 10.8. The number of carbonyl (C=O) groups excluding carboxylic acids is 1. The SMILES string of the molecule is Cc1cc2cc(CNC(=O)C(C)Cl)ccc2n1C. The average Bonchev–Trinajstić information content (AvgIpc) is 2.61. The lowest BCUT2D eigenvalue weighted by molar-refractivity contribution is -0.120. The number of halogens is 1. The number of alkyl halides is 1. The van der Waals surface area contributed by atoms with E-state index in [1.165, 1.54) is 16.6 Å². The third kappa shape index (κ3) is 2.51. The van der Waals surface area contributed by atoms with Crippen LogP contribution in [0, 0.1) is 6.92 Å². The van der Waals surface area contributed by atoms with Gasteiger partial charge in [0.2, 0.25) is 5.91 Å². The van der Waals surface area contributed by atoms with E-state index >= 15 is 0 Å². The zero-order valence-corrected chi connectivity index (χ0v) is 11.6. The van der Waals surface area contributed by atoms with Crippen molar-refractivity contribution in [3.63, 3.8) is 0 Å². The molecule has 96 valence electrons. The summed E-state index contributed by atoms with van der Waals surface area (Å²) in [6, 6.07) is 8.35. The van der Waals surface area contributed by atoms with Gasteiger partial charge in [0, 0.05) is 30.2 Å². The quantitative estimate of drug-likeness (QED) is 0.850. The molecule has 2 rings (SSSR count). The number of hydrogen-bond acceptors (Lipinski definition) is 1. The van der Waals surface area contributed by atoms with Crippen LogP contribution < -0.4 is 5.32 Å². The van der Waals surface area contributed by atoms with Gasteiger partial charge in [-0.05, 0) is 37.6 Å². The minimum Gasteiger partial charge on any atom is -0.351 e. The zero-order chi connectivity index (χ0) is 13.3. The number of aromatic nitrogens is 1. The molecule has 18 heavy (non-hydrogen) atoms. The summed E-state index contributed by atoms with van der Waals surface area (Å²) in [4.78, 5) is 11.4. The summed E-state index contributed by atoms with van der Waals surface area (Å²) in [5.74, 6) is -0.138. The summed E-state index contributed by atoms with van der Waals surface area (Å²) in [5.41, 5.74) is 3.51. The molecule has 0 bridgehead atoms. The van der Waals surface area contributed by atoms with Crippen LogP contribution in [0.15, 0.2) is 24.3 Å². The number of nitrogens with zero attached hydrogens (tertiary/aromatic N) is 1. The number of aryl methyl sites for hydroxylation is 2. The predicted molar refractivity (Wildman–Crippen MR) is 74.8 cm³/mol. The van der Waals surface area contributed by atoms with Crippen molar-refractivity contribution in [2.75, 3.05) is 0 Å². The average molecular weight is 265 g/mol. The Labute approximate surface area is 112 Å². The Hall–Kier alpha value is -1.48. The number of nitrogens with one attached hydrogen (secondary N) is 1. The summed E-state index contributed by atoms with van der Waals surface area (Å²) in [6.07, 6.45) is 0. The van der Waals surface area contributed by atoms with Crippen LogP contribution in [-0.2, 0) is 18.4 Å². The molecule has 0 radical (unpaired) electrons. The van der Waals surface area contributed by atoms with Crippen molar-refractivity contribution in [2.45, 2.75) is 25.8 Å². The topological polar surface area (TPSA) is 34.0 Å². The fourth-order valence-corrected chi connectivity index (χ4v) is 2.05. The Bertz CT molecular complexity index is 587. The summed E-state index contributed by atoms with van der Waals surface area (Å²) in [7, 11) is 2.05. The highest BCUT2D eigenvalue weighted by Crippen LogP contribution is 2.19. The Kier molecular flexibility index (Phi) is 3.62. The predicted octanol–water partition coefficient (Wildman–Crippen LogP) is 2.73. The van der Waals surface area contributed by atoms with Gasteiger partial charge >= 0.3 is 0 Å². The second kappa shape index (κ2) is 5.02. The lowest BCUT2D eigenvalue weighted by Crippen LogP contribution is -2.28. The molecule has 4 heteroatoms. The van der Waals surface area contributed by atoms with Gasteiger partial charge in [-0.2, -0.15) is 0 Å². The van der Waals surface area contributed by atoms with E-state index in [1.807, 2.05) is 13.1 Å². The molecule has 2 aromatic rings. The molecule has 1 heterocycles.